The van der Waals surface area contributed by atoms with Gasteiger partial charge in [-0.25, -0.2) is 0 Å². The van der Waals surface area contributed by atoms with Gasteiger partial charge in [0.2, 0.25) is 0 Å². The lowest BCUT2D eigenvalue weighted by Gasteiger charge is -2.62. The number of rotatable bonds is 7. The van der Waals surface area contributed by atoms with Crippen LogP contribution in [-0.2, 0) is 14.9 Å². The normalized spacial score (nSPS) is 25.4. The molecule has 3 saturated carbocycles. The van der Waals surface area contributed by atoms with E-state index in [2.05, 4.69) is 19.2 Å². The SMILES string of the molecule is CC1(C)[C@H]2C[C@@H](CC=O)[C@H](NC(=O)c3csc4ccc(OS(=O)(=O)c5ccccc5)cc34)[C@@H]1C2. The van der Waals surface area contributed by atoms with Crippen LogP contribution in [0.25, 0.3) is 10.1 Å². The third kappa shape index (κ3) is 3.92. The first-order valence-electron chi connectivity index (χ1n) is 11.5. The van der Waals surface area contributed by atoms with E-state index in [9.17, 15) is 18.0 Å². The molecule has 0 saturated heterocycles. The van der Waals surface area contributed by atoms with E-state index >= 15 is 0 Å². The number of hydrogen-bond acceptors (Lipinski definition) is 6. The van der Waals surface area contributed by atoms with Gasteiger partial charge in [-0.05, 0) is 66.3 Å². The zero-order valence-electron chi connectivity index (χ0n) is 19.1. The fraction of sp³-hybridized carbons (Fsp3) is 0.385. The van der Waals surface area contributed by atoms with Gasteiger partial charge in [0.1, 0.15) is 16.9 Å². The number of carbonyl (C=O) groups is 2. The highest BCUT2D eigenvalue weighted by molar-refractivity contribution is 7.87. The summed E-state index contributed by atoms with van der Waals surface area (Å²) in [6.45, 7) is 4.50. The number of benzene rings is 2. The lowest BCUT2D eigenvalue weighted by Crippen LogP contribution is -2.63. The van der Waals surface area contributed by atoms with Gasteiger partial charge in [0.15, 0.2) is 0 Å². The smallest absolute Gasteiger partial charge is 0.339 e. The molecular formula is C26H27NO5S2. The third-order valence-corrected chi connectivity index (χ3v) is 10.0. The first-order chi connectivity index (χ1) is 16.2. The third-order valence-electron chi connectivity index (χ3n) is 7.80. The Hall–Kier alpha value is -2.71. The molecule has 34 heavy (non-hydrogen) atoms. The molecule has 4 atom stereocenters. The monoisotopic (exact) mass is 497 g/mol. The fourth-order valence-corrected chi connectivity index (χ4v) is 7.58. The van der Waals surface area contributed by atoms with Crippen molar-refractivity contribution in [1.29, 1.82) is 0 Å². The largest absolute Gasteiger partial charge is 0.379 e. The van der Waals surface area contributed by atoms with Crippen LogP contribution in [-0.4, -0.2) is 26.7 Å². The van der Waals surface area contributed by atoms with E-state index in [0.29, 0.717) is 29.2 Å². The summed E-state index contributed by atoms with van der Waals surface area (Å²) in [6.07, 6.45) is 3.44. The van der Waals surface area contributed by atoms with E-state index in [1.165, 1.54) is 23.5 Å². The Bertz CT molecular complexity index is 1350. The van der Waals surface area contributed by atoms with Gasteiger partial charge in [0.05, 0.1) is 5.56 Å². The van der Waals surface area contributed by atoms with E-state index in [4.69, 9.17) is 4.18 Å². The first-order valence-corrected chi connectivity index (χ1v) is 13.7. The summed E-state index contributed by atoms with van der Waals surface area (Å²) in [7, 11) is -3.98. The summed E-state index contributed by atoms with van der Waals surface area (Å²) in [4.78, 5) is 24.7. The Labute approximate surface area is 203 Å². The summed E-state index contributed by atoms with van der Waals surface area (Å²) < 4.78 is 31.5. The highest BCUT2D eigenvalue weighted by atomic mass is 32.2. The van der Waals surface area contributed by atoms with Crippen molar-refractivity contribution in [3.8, 4) is 5.75 Å². The summed E-state index contributed by atoms with van der Waals surface area (Å²) in [5.41, 5.74) is 0.646. The van der Waals surface area contributed by atoms with Crippen LogP contribution < -0.4 is 9.50 Å². The minimum absolute atomic E-state index is 0.0504. The summed E-state index contributed by atoms with van der Waals surface area (Å²) in [5, 5.41) is 5.68. The van der Waals surface area contributed by atoms with Crippen LogP contribution in [0.2, 0.25) is 0 Å². The Morgan fingerprint density at radius 3 is 2.65 bits per heavy atom. The van der Waals surface area contributed by atoms with Gasteiger partial charge in [-0.2, -0.15) is 8.42 Å². The zero-order chi connectivity index (χ0) is 24.1. The second kappa shape index (κ2) is 8.50. The van der Waals surface area contributed by atoms with Gasteiger partial charge >= 0.3 is 10.1 Å². The number of aldehydes is 1. The number of carbonyl (C=O) groups excluding carboxylic acids is 2. The number of amides is 1. The van der Waals surface area contributed by atoms with Crippen LogP contribution in [0, 0.1) is 23.2 Å². The molecule has 1 aromatic heterocycles. The molecule has 1 amide bonds. The van der Waals surface area contributed by atoms with E-state index in [0.717, 1.165) is 23.8 Å². The summed E-state index contributed by atoms with van der Waals surface area (Å²) in [6, 6.07) is 12.9. The first kappa shape index (κ1) is 23.1. The predicted octanol–water partition coefficient (Wildman–Crippen LogP) is 5.04. The quantitative estimate of drug-likeness (QED) is 0.365. The number of thiophene rings is 1. The Morgan fingerprint density at radius 2 is 1.94 bits per heavy atom. The predicted molar refractivity (Wildman–Crippen MR) is 132 cm³/mol. The van der Waals surface area contributed by atoms with Crippen molar-refractivity contribution in [2.45, 2.75) is 44.0 Å². The van der Waals surface area contributed by atoms with Gasteiger partial charge in [-0.3, -0.25) is 4.79 Å². The van der Waals surface area contributed by atoms with Crippen molar-refractivity contribution in [1.82, 2.24) is 5.32 Å². The topological polar surface area (TPSA) is 89.5 Å². The minimum Gasteiger partial charge on any atom is -0.379 e. The maximum absolute atomic E-state index is 13.4. The van der Waals surface area contributed by atoms with Gasteiger partial charge in [-0.1, -0.05) is 32.0 Å². The molecule has 2 aromatic carbocycles. The van der Waals surface area contributed by atoms with Crippen LogP contribution >= 0.6 is 11.3 Å². The molecule has 178 valence electrons. The molecule has 8 heteroatoms. The molecule has 3 aromatic rings. The number of hydrogen-bond donors (Lipinski definition) is 1. The molecule has 6 rings (SSSR count). The molecule has 0 radical (unpaired) electrons. The molecular weight excluding hydrogens is 470 g/mol. The fourth-order valence-electron chi connectivity index (χ4n) is 5.72. The van der Waals surface area contributed by atoms with Crippen molar-refractivity contribution in [2.75, 3.05) is 0 Å². The highest BCUT2D eigenvalue weighted by Gasteiger charge is 2.57. The van der Waals surface area contributed by atoms with Crippen molar-refractivity contribution in [3.63, 3.8) is 0 Å². The van der Waals surface area contributed by atoms with Crippen LogP contribution in [0.15, 0.2) is 58.8 Å². The Kier molecular flexibility index (Phi) is 5.76. The van der Waals surface area contributed by atoms with Crippen LogP contribution in [0.5, 0.6) is 5.75 Å². The van der Waals surface area contributed by atoms with E-state index < -0.39 is 10.1 Å². The summed E-state index contributed by atoms with van der Waals surface area (Å²) in [5.74, 6) is 1.06. The van der Waals surface area contributed by atoms with Crippen LogP contribution in [0.4, 0.5) is 0 Å². The average Bonchev–Trinajstić information content (AvgIpc) is 3.23. The Morgan fingerprint density at radius 1 is 1.18 bits per heavy atom. The van der Waals surface area contributed by atoms with Crippen molar-refractivity contribution >= 4 is 43.7 Å². The van der Waals surface area contributed by atoms with Crippen LogP contribution in [0.1, 0.15) is 43.5 Å². The van der Waals surface area contributed by atoms with E-state index in [1.807, 2.05) is 0 Å². The molecule has 3 aliphatic rings. The molecule has 0 spiro atoms. The maximum Gasteiger partial charge on any atom is 0.339 e. The molecule has 0 unspecified atom stereocenters. The Balaban J connectivity index is 1.40. The minimum atomic E-state index is -3.98. The van der Waals surface area contributed by atoms with Crippen molar-refractivity contribution in [3.05, 3.63) is 59.5 Å². The van der Waals surface area contributed by atoms with Gasteiger partial charge in [0.25, 0.3) is 5.91 Å². The highest BCUT2D eigenvalue weighted by Crippen LogP contribution is 2.61. The van der Waals surface area contributed by atoms with Gasteiger partial charge < -0.3 is 14.3 Å². The maximum atomic E-state index is 13.4. The van der Waals surface area contributed by atoms with E-state index in [-0.39, 0.29) is 33.9 Å². The number of fused-ring (bicyclic) bond motifs is 3. The van der Waals surface area contributed by atoms with Crippen molar-refractivity contribution in [2.24, 2.45) is 23.2 Å². The standard InChI is InChI=1S/C26H27NO5S2/c1-26(2)17-12-16(10-11-28)24(22(26)13-17)27-25(29)21-15-33-23-9-8-18(14-20(21)23)32-34(30,31)19-6-4-3-5-7-19/h3-9,11,14-17,22,24H,10,12-13H2,1-2H3,(H,27,29)/t16-,17+,22+,24+/m1/s1. The molecule has 3 fully saturated rings. The van der Waals surface area contributed by atoms with E-state index in [1.54, 1.807) is 41.8 Å². The number of nitrogens with one attached hydrogen (secondary N) is 1. The van der Waals surface area contributed by atoms with Gasteiger partial charge in [0, 0.05) is 27.9 Å². The molecule has 1 heterocycles. The van der Waals surface area contributed by atoms with Crippen LogP contribution in [0.3, 0.4) is 0 Å². The second-order valence-corrected chi connectivity index (χ2v) is 12.4. The molecule has 2 bridgehead atoms. The molecule has 0 aliphatic heterocycles. The molecule has 1 N–H and O–H groups in total. The molecule has 3 aliphatic carbocycles. The lowest BCUT2D eigenvalue weighted by molar-refractivity contribution is -0.123. The van der Waals surface area contributed by atoms with Crippen molar-refractivity contribution < 1.29 is 22.2 Å². The summed E-state index contributed by atoms with van der Waals surface area (Å²) >= 11 is 1.43. The lowest BCUT2D eigenvalue weighted by atomic mass is 9.44. The van der Waals surface area contributed by atoms with Gasteiger partial charge in [-0.15, -0.1) is 11.3 Å². The zero-order valence-corrected chi connectivity index (χ0v) is 20.7. The second-order valence-electron chi connectivity index (χ2n) is 9.92. The molecule has 6 nitrogen and oxygen atoms in total. The average molecular weight is 498 g/mol.